The van der Waals surface area contributed by atoms with Gasteiger partial charge in [-0.2, -0.15) is 5.10 Å². The molecule has 0 saturated carbocycles. The Morgan fingerprint density at radius 3 is 3.06 bits per heavy atom. The number of hydrogen-bond acceptors (Lipinski definition) is 4. The molecule has 2 rings (SSSR count). The van der Waals surface area contributed by atoms with Crippen molar-refractivity contribution in [1.82, 2.24) is 19.8 Å². The van der Waals surface area contributed by atoms with Crippen molar-refractivity contribution in [3.8, 4) is 0 Å². The van der Waals surface area contributed by atoms with Gasteiger partial charge in [-0.1, -0.05) is 0 Å². The van der Waals surface area contributed by atoms with E-state index < -0.39 is 10.0 Å². The van der Waals surface area contributed by atoms with Gasteiger partial charge in [-0.25, -0.2) is 13.1 Å². The second-order valence-electron chi connectivity index (χ2n) is 4.00. The smallest absolute Gasteiger partial charge is 0.257 e. The summed E-state index contributed by atoms with van der Waals surface area (Å²) in [7, 11) is -1.80. The van der Waals surface area contributed by atoms with Crippen LogP contribution >= 0.6 is 0 Å². The summed E-state index contributed by atoms with van der Waals surface area (Å²) < 4.78 is 27.7. The van der Waals surface area contributed by atoms with Gasteiger partial charge in [0.05, 0.1) is 6.20 Å². The lowest BCUT2D eigenvalue weighted by Gasteiger charge is -2.10. The molecule has 1 fully saturated rings. The number of aromatic nitrogens is 2. The van der Waals surface area contributed by atoms with Gasteiger partial charge in [-0.3, -0.25) is 4.68 Å². The molecule has 0 spiro atoms. The summed E-state index contributed by atoms with van der Waals surface area (Å²) in [5.74, 6) is 0.392. The highest BCUT2D eigenvalue weighted by molar-refractivity contribution is 7.89. The van der Waals surface area contributed by atoms with E-state index in [1.54, 1.807) is 7.05 Å². The van der Waals surface area contributed by atoms with Gasteiger partial charge in [0.25, 0.3) is 10.0 Å². The van der Waals surface area contributed by atoms with Crippen LogP contribution < -0.4 is 10.0 Å². The Morgan fingerprint density at radius 1 is 1.69 bits per heavy atom. The van der Waals surface area contributed by atoms with E-state index in [-0.39, 0.29) is 5.03 Å². The number of aryl methyl sites for hydroxylation is 1. The monoisotopic (exact) mass is 244 g/mol. The van der Waals surface area contributed by atoms with E-state index in [1.807, 2.05) is 0 Å². The second kappa shape index (κ2) is 4.52. The average molecular weight is 244 g/mol. The number of nitrogens with one attached hydrogen (secondary N) is 2. The molecule has 1 aromatic heterocycles. The van der Waals surface area contributed by atoms with E-state index >= 15 is 0 Å². The molecule has 1 saturated heterocycles. The zero-order valence-electron chi connectivity index (χ0n) is 9.18. The van der Waals surface area contributed by atoms with Crippen molar-refractivity contribution in [2.75, 3.05) is 19.6 Å². The van der Waals surface area contributed by atoms with Gasteiger partial charge in [0.1, 0.15) is 0 Å². The Bertz CT molecular complexity index is 448. The summed E-state index contributed by atoms with van der Waals surface area (Å²) >= 11 is 0. The van der Waals surface area contributed by atoms with E-state index in [2.05, 4.69) is 15.1 Å². The summed E-state index contributed by atoms with van der Waals surface area (Å²) in [6.45, 7) is 2.34. The Labute approximate surface area is 95.1 Å². The standard InChI is InChI=1S/C9H16N4O2S/c1-13-9(3-5-11-13)16(14,15)12-7-8-2-4-10-6-8/h3,5,8,10,12H,2,4,6-7H2,1H3. The fraction of sp³-hybridized carbons (Fsp3) is 0.667. The highest BCUT2D eigenvalue weighted by atomic mass is 32.2. The lowest BCUT2D eigenvalue weighted by Crippen LogP contribution is -2.31. The topological polar surface area (TPSA) is 76.0 Å². The minimum Gasteiger partial charge on any atom is -0.316 e. The maximum atomic E-state index is 11.9. The molecule has 7 heteroatoms. The normalized spacial score (nSPS) is 21.4. The summed E-state index contributed by atoms with van der Waals surface area (Å²) in [4.78, 5) is 0. The third-order valence-corrected chi connectivity index (χ3v) is 4.27. The van der Waals surface area contributed by atoms with Gasteiger partial charge in [0, 0.05) is 13.6 Å². The summed E-state index contributed by atoms with van der Waals surface area (Å²) in [6, 6.07) is 1.50. The van der Waals surface area contributed by atoms with Crippen LogP contribution in [-0.2, 0) is 17.1 Å². The van der Waals surface area contributed by atoms with Crippen molar-refractivity contribution >= 4 is 10.0 Å². The van der Waals surface area contributed by atoms with Crippen molar-refractivity contribution < 1.29 is 8.42 Å². The molecular weight excluding hydrogens is 228 g/mol. The van der Waals surface area contributed by atoms with Crippen molar-refractivity contribution in [2.45, 2.75) is 11.4 Å². The average Bonchev–Trinajstić information content (AvgIpc) is 2.85. The summed E-state index contributed by atoms with van der Waals surface area (Å²) in [5, 5.41) is 7.26. The first-order chi connectivity index (χ1) is 7.59. The number of hydrogen-bond donors (Lipinski definition) is 2. The van der Waals surface area contributed by atoms with Gasteiger partial charge in [-0.05, 0) is 31.5 Å². The molecule has 0 aliphatic carbocycles. The van der Waals surface area contributed by atoms with Crippen LogP contribution in [0.25, 0.3) is 0 Å². The first kappa shape index (κ1) is 11.6. The first-order valence-corrected chi connectivity index (χ1v) is 6.76. The number of nitrogens with zero attached hydrogens (tertiary/aromatic N) is 2. The fourth-order valence-corrected chi connectivity index (χ4v) is 3.05. The maximum Gasteiger partial charge on any atom is 0.257 e. The van der Waals surface area contributed by atoms with Gasteiger partial charge in [0.2, 0.25) is 0 Å². The molecule has 0 aromatic carbocycles. The van der Waals surface area contributed by atoms with Crippen molar-refractivity contribution in [3.05, 3.63) is 12.3 Å². The zero-order chi connectivity index (χ0) is 11.6. The van der Waals surface area contributed by atoms with Crippen molar-refractivity contribution in [1.29, 1.82) is 0 Å². The number of sulfonamides is 1. The van der Waals surface area contributed by atoms with E-state index in [4.69, 9.17) is 0 Å². The van der Waals surface area contributed by atoms with Crippen LogP contribution in [0.1, 0.15) is 6.42 Å². The lowest BCUT2D eigenvalue weighted by molar-refractivity contribution is 0.529. The van der Waals surface area contributed by atoms with Crippen LogP contribution in [0.5, 0.6) is 0 Å². The Kier molecular flexibility index (Phi) is 3.27. The highest BCUT2D eigenvalue weighted by Gasteiger charge is 2.21. The van der Waals surface area contributed by atoms with Crippen LogP contribution in [0.2, 0.25) is 0 Å². The first-order valence-electron chi connectivity index (χ1n) is 5.28. The lowest BCUT2D eigenvalue weighted by atomic mass is 10.1. The molecule has 1 aliphatic rings. The van der Waals surface area contributed by atoms with E-state index in [9.17, 15) is 8.42 Å². The number of rotatable bonds is 4. The molecule has 16 heavy (non-hydrogen) atoms. The molecule has 90 valence electrons. The molecule has 0 amide bonds. The minimum atomic E-state index is -3.41. The molecule has 1 aromatic rings. The van der Waals surface area contributed by atoms with Crippen LogP contribution in [0.3, 0.4) is 0 Å². The van der Waals surface area contributed by atoms with Gasteiger partial charge >= 0.3 is 0 Å². The minimum absolute atomic E-state index is 0.207. The van der Waals surface area contributed by atoms with Gasteiger partial charge in [-0.15, -0.1) is 0 Å². The Morgan fingerprint density at radius 2 is 2.50 bits per heavy atom. The third kappa shape index (κ3) is 2.42. The molecule has 1 unspecified atom stereocenters. The molecule has 6 nitrogen and oxygen atoms in total. The fourth-order valence-electron chi connectivity index (χ4n) is 1.82. The summed E-state index contributed by atoms with van der Waals surface area (Å²) in [5.41, 5.74) is 0. The Hall–Kier alpha value is -0.920. The predicted molar refractivity (Wildman–Crippen MR) is 59.4 cm³/mol. The molecule has 1 atom stereocenters. The highest BCUT2D eigenvalue weighted by Crippen LogP contribution is 2.09. The van der Waals surface area contributed by atoms with Crippen molar-refractivity contribution in [2.24, 2.45) is 13.0 Å². The molecular formula is C9H16N4O2S. The van der Waals surface area contributed by atoms with Gasteiger partial charge < -0.3 is 5.32 Å². The SMILES string of the molecule is Cn1nccc1S(=O)(=O)NCC1CCNC1. The zero-order valence-corrected chi connectivity index (χ0v) is 10.00. The molecule has 0 bridgehead atoms. The van der Waals surface area contributed by atoms with E-state index in [1.165, 1.54) is 16.9 Å². The maximum absolute atomic E-state index is 11.9. The van der Waals surface area contributed by atoms with E-state index in [0.717, 1.165) is 19.5 Å². The molecule has 2 N–H and O–H groups in total. The molecule has 0 radical (unpaired) electrons. The van der Waals surface area contributed by atoms with E-state index in [0.29, 0.717) is 12.5 Å². The quantitative estimate of drug-likeness (QED) is 0.735. The second-order valence-corrected chi connectivity index (χ2v) is 5.72. The molecule has 1 aliphatic heterocycles. The largest absolute Gasteiger partial charge is 0.316 e. The van der Waals surface area contributed by atoms with Crippen molar-refractivity contribution in [3.63, 3.8) is 0 Å². The van der Waals surface area contributed by atoms with Crippen LogP contribution in [0.15, 0.2) is 17.3 Å². The van der Waals surface area contributed by atoms with Gasteiger partial charge in [0.15, 0.2) is 5.03 Å². The van der Waals surface area contributed by atoms with Crippen LogP contribution in [-0.4, -0.2) is 37.8 Å². The van der Waals surface area contributed by atoms with Crippen LogP contribution in [0, 0.1) is 5.92 Å². The van der Waals surface area contributed by atoms with Crippen LogP contribution in [0.4, 0.5) is 0 Å². The predicted octanol–water partition coefficient (Wildman–Crippen LogP) is -0.692. The third-order valence-electron chi connectivity index (χ3n) is 2.78. The Balaban J connectivity index is 2.00. The molecule has 2 heterocycles. The summed E-state index contributed by atoms with van der Waals surface area (Å²) in [6.07, 6.45) is 2.50.